The summed E-state index contributed by atoms with van der Waals surface area (Å²) in [6, 6.07) is 11.7. The van der Waals surface area contributed by atoms with Crippen molar-refractivity contribution < 1.29 is 9.47 Å². The van der Waals surface area contributed by atoms with E-state index in [1.54, 1.807) is 0 Å². The molecule has 0 aromatic heterocycles. The highest BCUT2D eigenvalue weighted by Gasteiger charge is 2.13. The first kappa shape index (κ1) is 25.9. The van der Waals surface area contributed by atoms with Gasteiger partial charge >= 0.3 is 0 Å². The third-order valence-electron chi connectivity index (χ3n) is 5.81. The zero-order chi connectivity index (χ0) is 23.0. The van der Waals surface area contributed by atoms with Crippen molar-refractivity contribution in [2.24, 2.45) is 0 Å². The van der Waals surface area contributed by atoms with Crippen LogP contribution in [0.15, 0.2) is 36.4 Å². The third-order valence-corrected chi connectivity index (χ3v) is 5.81. The lowest BCUT2D eigenvalue weighted by Crippen LogP contribution is -2.03. The van der Waals surface area contributed by atoms with Crippen molar-refractivity contribution in [1.82, 2.24) is 0 Å². The van der Waals surface area contributed by atoms with E-state index in [1.165, 1.54) is 64.2 Å². The van der Waals surface area contributed by atoms with E-state index in [9.17, 15) is 0 Å². The highest BCUT2D eigenvalue weighted by atomic mass is 16.5. The molecule has 2 aromatic rings. The molecule has 0 fully saturated rings. The Morgan fingerprint density at radius 2 is 0.906 bits per heavy atom. The molecule has 0 bridgehead atoms. The van der Waals surface area contributed by atoms with Crippen LogP contribution in [0, 0.1) is 0 Å². The monoisotopic (exact) mass is 440 g/mol. The number of unbranched alkanes of at least 4 members (excludes halogenated alkanes) is 10. The molecule has 0 heterocycles. The molecule has 2 aromatic carbocycles. The fraction of sp³-hybridized carbons (Fsp3) is 0.571. The smallest absolute Gasteiger partial charge is 0.129 e. The standard InChI is InChI=1S/C28H44N2O2/c1-3-5-7-9-11-13-19-31-27-21-23(29)15-17-25(27)26-18-16-24(30)22-28(26)32-20-14-12-10-8-6-4-2/h15-18,21-22H,3-14,19-20,29-30H2,1-2H3. The van der Waals surface area contributed by atoms with E-state index in [-0.39, 0.29) is 0 Å². The van der Waals surface area contributed by atoms with Gasteiger partial charge in [-0.1, -0.05) is 78.1 Å². The minimum atomic E-state index is 0.700. The van der Waals surface area contributed by atoms with Crippen LogP contribution in [0.4, 0.5) is 11.4 Å². The van der Waals surface area contributed by atoms with Crippen molar-refractivity contribution in [3.63, 3.8) is 0 Å². The Morgan fingerprint density at radius 1 is 0.531 bits per heavy atom. The second-order valence-corrected chi connectivity index (χ2v) is 8.74. The second kappa shape index (κ2) is 15.4. The average Bonchev–Trinajstić information content (AvgIpc) is 2.78. The van der Waals surface area contributed by atoms with Gasteiger partial charge in [0.05, 0.1) is 13.2 Å². The Bertz CT molecular complexity index is 711. The molecule has 4 N–H and O–H groups in total. The molecular weight excluding hydrogens is 396 g/mol. The average molecular weight is 441 g/mol. The van der Waals surface area contributed by atoms with Crippen molar-refractivity contribution in [2.75, 3.05) is 24.7 Å². The van der Waals surface area contributed by atoms with E-state index < -0.39 is 0 Å². The highest BCUT2D eigenvalue weighted by Crippen LogP contribution is 2.39. The molecule has 2 rings (SSSR count). The number of rotatable bonds is 17. The topological polar surface area (TPSA) is 70.5 Å². The van der Waals surface area contributed by atoms with Crippen molar-refractivity contribution in [2.45, 2.75) is 90.9 Å². The number of nitrogen functional groups attached to an aromatic ring is 2. The maximum Gasteiger partial charge on any atom is 0.129 e. The van der Waals surface area contributed by atoms with Gasteiger partial charge in [0.2, 0.25) is 0 Å². The molecule has 32 heavy (non-hydrogen) atoms. The van der Waals surface area contributed by atoms with Crippen molar-refractivity contribution >= 4 is 11.4 Å². The summed E-state index contributed by atoms with van der Waals surface area (Å²) >= 11 is 0. The molecule has 0 aliphatic heterocycles. The van der Waals surface area contributed by atoms with Gasteiger partial charge in [-0.15, -0.1) is 0 Å². The Morgan fingerprint density at radius 3 is 1.31 bits per heavy atom. The minimum Gasteiger partial charge on any atom is -0.493 e. The molecule has 4 nitrogen and oxygen atoms in total. The van der Waals surface area contributed by atoms with Crippen molar-refractivity contribution in [1.29, 1.82) is 0 Å². The zero-order valence-electron chi connectivity index (χ0n) is 20.3. The number of ether oxygens (including phenoxy) is 2. The van der Waals surface area contributed by atoms with Gasteiger partial charge in [0.1, 0.15) is 11.5 Å². The Balaban J connectivity index is 2.00. The number of benzene rings is 2. The predicted octanol–water partition coefficient (Wildman–Crippen LogP) is 8.00. The number of hydrogen-bond acceptors (Lipinski definition) is 4. The summed E-state index contributed by atoms with van der Waals surface area (Å²) in [7, 11) is 0. The molecule has 0 saturated carbocycles. The van der Waals surface area contributed by atoms with Gasteiger partial charge in [-0.3, -0.25) is 0 Å². The first-order valence-corrected chi connectivity index (χ1v) is 12.7. The van der Waals surface area contributed by atoms with Crippen LogP contribution >= 0.6 is 0 Å². The van der Waals surface area contributed by atoms with E-state index in [2.05, 4.69) is 13.8 Å². The minimum absolute atomic E-state index is 0.700. The first-order valence-electron chi connectivity index (χ1n) is 12.7. The van der Waals surface area contributed by atoms with Crippen LogP contribution in [0.2, 0.25) is 0 Å². The largest absolute Gasteiger partial charge is 0.493 e. The summed E-state index contributed by atoms with van der Waals surface area (Å²) in [5.74, 6) is 1.63. The molecule has 0 amide bonds. The Hall–Kier alpha value is -2.36. The molecule has 0 unspecified atom stereocenters. The van der Waals surface area contributed by atoms with Gasteiger partial charge in [-0.25, -0.2) is 0 Å². The van der Waals surface area contributed by atoms with E-state index in [0.717, 1.165) is 35.5 Å². The van der Waals surface area contributed by atoms with E-state index in [1.807, 2.05) is 36.4 Å². The summed E-state index contributed by atoms with van der Waals surface area (Å²) < 4.78 is 12.4. The van der Waals surface area contributed by atoms with Crippen LogP contribution in [-0.4, -0.2) is 13.2 Å². The number of nitrogens with two attached hydrogens (primary N) is 2. The van der Waals surface area contributed by atoms with Crippen LogP contribution in [0.3, 0.4) is 0 Å². The van der Waals surface area contributed by atoms with Crippen LogP contribution in [0.1, 0.15) is 90.9 Å². The molecule has 0 aliphatic rings. The highest BCUT2D eigenvalue weighted by molar-refractivity contribution is 5.79. The SMILES string of the molecule is CCCCCCCCOc1cc(N)ccc1-c1ccc(N)cc1OCCCCCCCC. The second-order valence-electron chi connectivity index (χ2n) is 8.74. The normalized spacial score (nSPS) is 10.9. The van der Waals surface area contributed by atoms with Gasteiger partial charge in [0.15, 0.2) is 0 Å². The van der Waals surface area contributed by atoms with Crippen LogP contribution in [0.5, 0.6) is 11.5 Å². The molecule has 178 valence electrons. The lowest BCUT2D eigenvalue weighted by molar-refractivity contribution is 0.301. The maximum absolute atomic E-state index is 6.18. The Kier molecular flexibility index (Phi) is 12.5. The van der Waals surface area contributed by atoms with Gasteiger partial charge in [0.25, 0.3) is 0 Å². The lowest BCUT2D eigenvalue weighted by atomic mass is 10.0. The molecular formula is C28H44N2O2. The molecule has 0 aliphatic carbocycles. The number of hydrogen-bond donors (Lipinski definition) is 2. The molecule has 0 saturated heterocycles. The van der Waals surface area contributed by atoms with Gasteiger partial charge in [-0.05, 0) is 37.1 Å². The van der Waals surface area contributed by atoms with E-state index in [4.69, 9.17) is 20.9 Å². The van der Waals surface area contributed by atoms with Crippen molar-refractivity contribution in [3.8, 4) is 22.6 Å². The van der Waals surface area contributed by atoms with Crippen LogP contribution < -0.4 is 20.9 Å². The molecule has 4 heteroatoms. The van der Waals surface area contributed by atoms with Gasteiger partial charge < -0.3 is 20.9 Å². The zero-order valence-corrected chi connectivity index (χ0v) is 20.3. The van der Waals surface area contributed by atoms with Crippen LogP contribution in [-0.2, 0) is 0 Å². The maximum atomic E-state index is 6.18. The van der Waals surface area contributed by atoms with Gasteiger partial charge in [-0.2, -0.15) is 0 Å². The third kappa shape index (κ3) is 9.42. The quantitative estimate of drug-likeness (QED) is 0.193. The predicted molar refractivity (Wildman–Crippen MR) is 138 cm³/mol. The van der Waals surface area contributed by atoms with Gasteiger partial charge in [0, 0.05) is 34.6 Å². The first-order chi connectivity index (χ1) is 15.7. The lowest BCUT2D eigenvalue weighted by Gasteiger charge is -2.17. The summed E-state index contributed by atoms with van der Waals surface area (Å²) in [5.41, 5.74) is 15.6. The molecule has 0 atom stereocenters. The molecule has 0 spiro atoms. The summed E-state index contributed by atoms with van der Waals surface area (Å²) in [6.45, 7) is 5.89. The molecule has 0 radical (unpaired) electrons. The summed E-state index contributed by atoms with van der Waals surface area (Å²) in [6.07, 6.45) is 14.9. The van der Waals surface area contributed by atoms with E-state index in [0.29, 0.717) is 24.6 Å². The van der Waals surface area contributed by atoms with E-state index >= 15 is 0 Å². The number of anilines is 2. The summed E-state index contributed by atoms with van der Waals surface area (Å²) in [5, 5.41) is 0. The fourth-order valence-corrected chi connectivity index (χ4v) is 3.89. The Labute approximate surface area is 195 Å². The fourth-order valence-electron chi connectivity index (χ4n) is 3.89. The van der Waals surface area contributed by atoms with Crippen LogP contribution in [0.25, 0.3) is 11.1 Å². The summed E-state index contributed by atoms with van der Waals surface area (Å²) in [4.78, 5) is 0. The van der Waals surface area contributed by atoms with Crippen molar-refractivity contribution in [3.05, 3.63) is 36.4 Å².